The highest BCUT2D eigenvalue weighted by molar-refractivity contribution is 5.70. The third-order valence-corrected chi connectivity index (χ3v) is 5.53. The Balaban J connectivity index is 3.32. The van der Waals surface area contributed by atoms with E-state index in [4.69, 9.17) is 9.47 Å². The molecule has 4 heteroatoms. The number of carbonyl (C=O) groups is 2. The summed E-state index contributed by atoms with van der Waals surface area (Å²) in [7, 11) is 0. The molecule has 30 heavy (non-hydrogen) atoms. The number of carbonyl (C=O) groups excluding carboxylic acids is 2. The third kappa shape index (κ3) is 21.6. The second-order valence-corrected chi connectivity index (χ2v) is 8.79. The lowest BCUT2D eigenvalue weighted by atomic mass is 10.0. The number of rotatable bonds is 22. The maximum atomic E-state index is 11.8. The van der Waals surface area contributed by atoms with Crippen molar-refractivity contribution >= 4 is 11.9 Å². The molecule has 0 aliphatic carbocycles. The maximum Gasteiger partial charge on any atom is 0.306 e. The highest BCUT2D eigenvalue weighted by atomic mass is 16.6. The zero-order valence-corrected chi connectivity index (χ0v) is 20.4. The minimum Gasteiger partial charge on any atom is -0.462 e. The van der Waals surface area contributed by atoms with E-state index < -0.39 is 0 Å². The first-order valence-corrected chi connectivity index (χ1v) is 12.9. The van der Waals surface area contributed by atoms with Gasteiger partial charge in [-0.25, -0.2) is 0 Å². The van der Waals surface area contributed by atoms with Gasteiger partial charge in [0.05, 0.1) is 0 Å². The Kier molecular flexibility index (Phi) is 21.8. The summed E-state index contributed by atoms with van der Waals surface area (Å²) in [4.78, 5) is 23.3. The minimum absolute atomic E-state index is 0.162. The second-order valence-electron chi connectivity index (χ2n) is 8.79. The predicted molar refractivity (Wildman–Crippen MR) is 126 cm³/mol. The molecule has 0 aromatic rings. The van der Waals surface area contributed by atoms with Crippen LogP contribution in [0, 0.1) is 0 Å². The van der Waals surface area contributed by atoms with Crippen LogP contribution in [0.25, 0.3) is 0 Å². The summed E-state index contributed by atoms with van der Waals surface area (Å²) < 4.78 is 10.4. The van der Waals surface area contributed by atoms with Gasteiger partial charge in [-0.05, 0) is 19.8 Å². The fourth-order valence-electron chi connectivity index (χ4n) is 3.56. The Morgan fingerprint density at radius 1 is 0.567 bits per heavy atom. The molecule has 0 saturated carbocycles. The van der Waals surface area contributed by atoms with Crippen LogP contribution in [0.5, 0.6) is 0 Å². The van der Waals surface area contributed by atoms with Gasteiger partial charge in [-0.2, -0.15) is 0 Å². The monoisotopic (exact) mass is 426 g/mol. The molecule has 0 N–H and O–H groups in total. The molecule has 0 heterocycles. The van der Waals surface area contributed by atoms with E-state index in [1.165, 1.54) is 83.5 Å². The van der Waals surface area contributed by atoms with Crippen LogP contribution >= 0.6 is 0 Å². The summed E-state index contributed by atoms with van der Waals surface area (Å²) in [6.07, 6.45) is 22.1. The minimum atomic E-state index is -0.362. The Hall–Kier alpha value is -1.06. The number of unbranched alkanes of at least 4 members (excludes halogenated alkanes) is 15. The number of ether oxygens (including phenoxy) is 2. The Morgan fingerprint density at radius 3 is 1.43 bits per heavy atom. The van der Waals surface area contributed by atoms with Gasteiger partial charge in [-0.3, -0.25) is 9.59 Å². The highest BCUT2D eigenvalue weighted by Crippen LogP contribution is 2.14. The molecule has 0 radical (unpaired) electrons. The van der Waals surface area contributed by atoms with Crippen LogP contribution in [0.15, 0.2) is 0 Å². The van der Waals surface area contributed by atoms with Crippen LogP contribution in [0.1, 0.15) is 143 Å². The SMILES string of the molecule is CCCCCCCCCCCCCCCCCC(=O)OCC(C)OC(=O)CCCC. The lowest BCUT2D eigenvalue weighted by Gasteiger charge is -2.13. The molecule has 0 rings (SSSR count). The fraction of sp³-hybridized carbons (Fsp3) is 0.923. The topological polar surface area (TPSA) is 52.6 Å². The van der Waals surface area contributed by atoms with Crippen molar-refractivity contribution in [3.05, 3.63) is 0 Å². The zero-order valence-electron chi connectivity index (χ0n) is 20.4. The van der Waals surface area contributed by atoms with Gasteiger partial charge in [0, 0.05) is 12.8 Å². The van der Waals surface area contributed by atoms with Crippen molar-refractivity contribution < 1.29 is 19.1 Å². The van der Waals surface area contributed by atoms with E-state index in [1.807, 2.05) is 6.92 Å². The van der Waals surface area contributed by atoms with Crippen LogP contribution in [-0.2, 0) is 19.1 Å². The zero-order chi connectivity index (χ0) is 22.3. The molecule has 0 amide bonds. The Labute approximate surface area is 186 Å². The van der Waals surface area contributed by atoms with Crippen LogP contribution in [0.2, 0.25) is 0 Å². The van der Waals surface area contributed by atoms with Gasteiger partial charge in [-0.1, -0.05) is 110 Å². The van der Waals surface area contributed by atoms with E-state index in [0.29, 0.717) is 12.8 Å². The van der Waals surface area contributed by atoms with Crippen LogP contribution in [-0.4, -0.2) is 24.6 Å². The first kappa shape index (κ1) is 28.9. The van der Waals surface area contributed by atoms with Crippen LogP contribution in [0.3, 0.4) is 0 Å². The van der Waals surface area contributed by atoms with E-state index in [1.54, 1.807) is 6.92 Å². The van der Waals surface area contributed by atoms with Gasteiger partial charge in [0.2, 0.25) is 0 Å². The molecule has 4 nitrogen and oxygen atoms in total. The molecular formula is C26H50O4. The summed E-state index contributed by atoms with van der Waals surface area (Å²) in [5, 5.41) is 0. The van der Waals surface area contributed by atoms with E-state index in [0.717, 1.165) is 25.7 Å². The summed E-state index contributed by atoms with van der Waals surface area (Å²) in [6, 6.07) is 0. The average Bonchev–Trinajstić information content (AvgIpc) is 2.73. The molecule has 0 bridgehead atoms. The molecule has 1 unspecified atom stereocenters. The Bertz CT molecular complexity index is 394. The molecule has 0 saturated heterocycles. The van der Waals surface area contributed by atoms with Crippen molar-refractivity contribution in [1.82, 2.24) is 0 Å². The maximum absolute atomic E-state index is 11.8. The standard InChI is InChI=1S/C26H50O4/c1-4-6-8-9-10-11-12-13-14-15-16-17-18-19-20-22-25(27)29-23-24(3)30-26(28)21-7-5-2/h24H,4-23H2,1-3H3. The largest absolute Gasteiger partial charge is 0.462 e. The normalized spacial score (nSPS) is 12.0. The molecule has 0 spiro atoms. The molecular weight excluding hydrogens is 376 g/mol. The smallest absolute Gasteiger partial charge is 0.306 e. The molecule has 1 atom stereocenters. The number of esters is 2. The summed E-state index contributed by atoms with van der Waals surface area (Å²) in [5.41, 5.74) is 0. The average molecular weight is 427 g/mol. The lowest BCUT2D eigenvalue weighted by Crippen LogP contribution is -2.22. The van der Waals surface area contributed by atoms with Gasteiger partial charge in [0.15, 0.2) is 0 Å². The highest BCUT2D eigenvalue weighted by Gasteiger charge is 2.11. The molecule has 178 valence electrons. The molecule has 0 aliphatic heterocycles. The molecule has 0 fully saturated rings. The first-order valence-electron chi connectivity index (χ1n) is 12.9. The van der Waals surface area contributed by atoms with Crippen molar-refractivity contribution in [1.29, 1.82) is 0 Å². The van der Waals surface area contributed by atoms with Gasteiger partial charge in [-0.15, -0.1) is 0 Å². The van der Waals surface area contributed by atoms with Crippen molar-refractivity contribution in [2.45, 2.75) is 149 Å². The number of hydrogen-bond donors (Lipinski definition) is 0. The number of hydrogen-bond acceptors (Lipinski definition) is 4. The van der Waals surface area contributed by atoms with E-state index >= 15 is 0 Å². The predicted octanol–water partition coefficient (Wildman–Crippen LogP) is 7.91. The van der Waals surface area contributed by atoms with Crippen molar-refractivity contribution in [3.8, 4) is 0 Å². The van der Waals surface area contributed by atoms with Crippen molar-refractivity contribution in [2.75, 3.05) is 6.61 Å². The van der Waals surface area contributed by atoms with E-state index in [9.17, 15) is 9.59 Å². The molecule has 0 aromatic carbocycles. The van der Waals surface area contributed by atoms with Gasteiger partial charge in [0.1, 0.15) is 12.7 Å². The second kappa shape index (κ2) is 22.6. The summed E-state index contributed by atoms with van der Waals surface area (Å²) in [6.45, 7) is 6.24. The van der Waals surface area contributed by atoms with Gasteiger partial charge in [0.25, 0.3) is 0 Å². The van der Waals surface area contributed by atoms with E-state index in [-0.39, 0.29) is 24.6 Å². The van der Waals surface area contributed by atoms with Gasteiger partial charge < -0.3 is 9.47 Å². The van der Waals surface area contributed by atoms with Crippen molar-refractivity contribution in [3.63, 3.8) is 0 Å². The quantitative estimate of drug-likeness (QED) is 0.130. The summed E-state index contributed by atoms with van der Waals surface area (Å²) in [5.74, 6) is -0.385. The Morgan fingerprint density at radius 2 is 0.967 bits per heavy atom. The van der Waals surface area contributed by atoms with Crippen molar-refractivity contribution in [2.24, 2.45) is 0 Å². The summed E-state index contributed by atoms with van der Waals surface area (Å²) >= 11 is 0. The van der Waals surface area contributed by atoms with E-state index in [2.05, 4.69) is 6.92 Å². The molecule has 0 aromatic heterocycles. The van der Waals surface area contributed by atoms with Gasteiger partial charge >= 0.3 is 11.9 Å². The third-order valence-electron chi connectivity index (χ3n) is 5.53. The van der Waals surface area contributed by atoms with Crippen LogP contribution < -0.4 is 0 Å². The fourth-order valence-corrected chi connectivity index (χ4v) is 3.56. The lowest BCUT2D eigenvalue weighted by molar-refractivity contribution is -0.158. The van der Waals surface area contributed by atoms with Crippen LogP contribution in [0.4, 0.5) is 0 Å². The molecule has 0 aliphatic rings. The first-order chi connectivity index (χ1) is 14.6.